The molecule has 2 aromatic carbocycles. The van der Waals surface area contributed by atoms with E-state index in [1.165, 1.54) is 11.1 Å². The summed E-state index contributed by atoms with van der Waals surface area (Å²) in [6, 6.07) is 16.4. The lowest BCUT2D eigenvalue weighted by atomic mass is 9.94. The molecule has 0 bridgehead atoms. The number of halogens is 1. The molecule has 1 aliphatic rings. The van der Waals surface area contributed by atoms with Crippen LogP contribution in [0.25, 0.3) is 0 Å². The second-order valence-electron chi connectivity index (χ2n) is 8.93. The third kappa shape index (κ3) is 6.68. The summed E-state index contributed by atoms with van der Waals surface area (Å²) in [5.74, 6) is 0.790. The molecule has 0 aromatic heterocycles. The van der Waals surface area contributed by atoms with Crippen molar-refractivity contribution in [2.75, 3.05) is 34.2 Å². The highest BCUT2D eigenvalue weighted by atomic mass is 127. The van der Waals surface area contributed by atoms with Crippen LogP contribution < -0.4 is 10.6 Å². The number of guanidine groups is 1. The van der Waals surface area contributed by atoms with Crippen LogP contribution in [0.2, 0.25) is 0 Å². The van der Waals surface area contributed by atoms with Gasteiger partial charge in [0, 0.05) is 58.4 Å². The smallest absolute Gasteiger partial charge is 0.253 e. The molecule has 0 radical (unpaired) electrons. The van der Waals surface area contributed by atoms with Gasteiger partial charge in [-0.3, -0.25) is 14.7 Å². The largest absolute Gasteiger partial charge is 0.355 e. The van der Waals surface area contributed by atoms with Crippen molar-refractivity contribution < 1.29 is 4.79 Å². The van der Waals surface area contributed by atoms with Crippen LogP contribution in [0.4, 0.5) is 0 Å². The van der Waals surface area contributed by atoms with Crippen LogP contribution in [0.15, 0.2) is 53.5 Å². The molecular weight excluding hydrogens is 513 g/mol. The van der Waals surface area contributed by atoms with E-state index >= 15 is 0 Å². The Hall–Kier alpha value is -2.13. The molecule has 1 aliphatic heterocycles. The van der Waals surface area contributed by atoms with Crippen molar-refractivity contribution in [2.45, 2.75) is 38.9 Å². The zero-order valence-corrected chi connectivity index (χ0v) is 22.1. The molecule has 0 unspecified atom stereocenters. The Bertz CT molecular complexity index is 924. The maximum Gasteiger partial charge on any atom is 0.253 e. The van der Waals surface area contributed by atoms with Crippen molar-refractivity contribution in [3.8, 4) is 0 Å². The SMILES string of the molecule is CN=C(NCc1ccc(C(=O)N(C)C)cc1)NCC(C)(C)N1CCc2ccccc2C1.I. The second-order valence-corrected chi connectivity index (χ2v) is 8.93. The van der Waals surface area contributed by atoms with Crippen molar-refractivity contribution in [3.05, 3.63) is 70.8 Å². The molecule has 6 nitrogen and oxygen atoms in total. The molecule has 0 atom stereocenters. The van der Waals surface area contributed by atoms with E-state index in [0.29, 0.717) is 12.1 Å². The standard InChI is InChI=1S/C25H35N5O.HI/c1-25(2,30-15-14-20-8-6-7-9-22(20)17-30)18-28-24(26-3)27-16-19-10-12-21(13-11-19)23(31)29(4)5;/h6-13H,14-18H2,1-5H3,(H2,26,27,28);1H. The van der Waals surface area contributed by atoms with E-state index in [1.54, 1.807) is 26.0 Å². The van der Waals surface area contributed by atoms with Crippen LogP contribution in [0.3, 0.4) is 0 Å². The number of benzene rings is 2. The van der Waals surface area contributed by atoms with Crippen LogP contribution in [-0.4, -0.2) is 61.4 Å². The molecule has 32 heavy (non-hydrogen) atoms. The average Bonchev–Trinajstić information content (AvgIpc) is 2.78. The van der Waals surface area contributed by atoms with Crippen LogP contribution >= 0.6 is 24.0 Å². The monoisotopic (exact) mass is 549 g/mol. The zero-order valence-electron chi connectivity index (χ0n) is 19.8. The van der Waals surface area contributed by atoms with Gasteiger partial charge in [-0.15, -0.1) is 24.0 Å². The molecule has 0 aliphatic carbocycles. The van der Waals surface area contributed by atoms with Gasteiger partial charge in [0.15, 0.2) is 5.96 Å². The molecular formula is C25H36IN5O. The van der Waals surface area contributed by atoms with Gasteiger partial charge in [0.2, 0.25) is 0 Å². The van der Waals surface area contributed by atoms with Gasteiger partial charge in [-0.2, -0.15) is 0 Å². The minimum absolute atomic E-state index is 0. The molecule has 0 fully saturated rings. The van der Waals surface area contributed by atoms with Gasteiger partial charge in [-0.05, 0) is 49.1 Å². The van der Waals surface area contributed by atoms with E-state index in [0.717, 1.165) is 37.6 Å². The van der Waals surface area contributed by atoms with Gasteiger partial charge in [-0.1, -0.05) is 36.4 Å². The van der Waals surface area contributed by atoms with Gasteiger partial charge in [0.25, 0.3) is 5.91 Å². The molecule has 0 spiro atoms. The summed E-state index contributed by atoms with van der Waals surface area (Å²) in [5, 5.41) is 6.86. The topological polar surface area (TPSA) is 60.0 Å². The summed E-state index contributed by atoms with van der Waals surface area (Å²) >= 11 is 0. The summed E-state index contributed by atoms with van der Waals surface area (Å²) in [6.45, 7) is 8.05. The molecule has 2 N–H and O–H groups in total. The minimum Gasteiger partial charge on any atom is -0.355 e. The first-order valence-electron chi connectivity index (χ1n) is 10.9. The first kappa shape index (κ1) is 26.1. The lowest BCUT2D eigenvalue weighted by Gasteiger charge is -2.42. The number of fused-ring (bicyclic) bond motifs is 1. The summed E-state index contributed by atoms with van der Waals surface area (Å²) in [4.78, 5) is 20.5. The number of hydrogen-bond acceptors (Lipinski definition) is 3. The molecule has 0 saturated carbocycles. The van der Waals surface area contributed by atoms with Crippen molar-refractivity contribution in [1.82, 2.24) is 20.4 Å². The zero-order chi connectivity index (χ0) is 22.4. The van der Waals surface area contributed by atoms with Gasteiger partial charge in [-0.25, -0.2) is 0 Å². The lowest BCUT2D eigenvalue weighted by Crippen LogP contribution is -2.54. The average molecular weight is 550 g/mol. The van der Waals surface area contributed by atoms with E-state index < -0.39 is 0 Å². The molecule has 3 rings (SSSR count). The Balaban J connectivity index is 0.00000363. The summed E-state index contributed by atoms with van der Waals surface area (Å²) in [5.41, 5.74) is 4.70. The molecule has 1 amide bonds. The lowest BCUT2D eigenvalue weighted by molar-refractivity contribution is 0.0827. The fraction of sp³-hybridized carbons (Fsp3) is 0.440. The third-order valence-electron chi connectivity index (χ3n) is 5.97. The highest BCUT2D eigenvalue weighted by Crippen LogP contribution is 2.24. The Morgan fingerprint density at radius 2 is 1.72 bits per heavy atom. The van der Waals surface area contributed by atoms with E-state index in [-0.39, 0.29) is 35.4 Å². The Morgan fingerprint density at radius 1 is 1.06 bits per heavy atom. The maximum absolute atomic E-state index is 12.0. The molecule has 1 heterocycles. The molecule has 0 saturated heterocycles. The van der Waals surface area contributed by atoms with E-state index in [4.69, 9.17) is 0 Å². The van der Waals surface area contributed by atoms with Crippen molar-refractivity contribution >= 4 is 35.8 Å². The molecule has 174 valence electrons. The predicted molar refractivity (Wildman–Crippen MR) is 143 cm³/mol. The summed E-state index contributed by atoms with van der Waals surface area (Å²) in [6.07, 6.45) is 1.10. The van der Waals surface area contributed by atoms with Crippen molar-refractivity contribution in [1.29, 1.82) is 0 Å². The fourth-order valence-corrected chi connectivity index (χ4v) is 3.85. The predicted octanol–water partition coefficient (Wildman–Crippen LogP) is 3.51. The van der Waals surface area contributed by atoms with Gasteiger partial charge < -0.3 is 15.5 Å². The number of hydrogen-bond donors (Lipinski definition) is 2. The van der Waals surface area contributed by atoms with Gasteiger partial charge >= 0.3 is 0 Å². The number of nitrogens with one attached hydrogen (secondary N) is 2. The second kappa shape index (κ2) is 11.7. The van der Waals surface area contributed by atoms with Crippen LogP contribution in [0, 0.1) is 0 Å². The van der Waals surface area contributed by atoms with Crippen molar-refractivity contribution in [2.24, 2.45) is 4.99 Å². The van der Waals surface area contributed by atoms with Crippen LogP contribution in [-0.2, 0) is 19.5 Å². The number of nitrogens with zero attached hydrogens (tertiary/aromatic N) is 3. The number of carbonyl (C=O) groups excluding carboxylic acids is 1. The number of rotatable bonds is 6. The molecule has 7 heteroatoms. The van der Waals surface area contributed by atoms with E-state index in [2.05, 4.69) is 58.6 Å². The first-order chi connectivity index (χ1) is 14.8. The van der Waals surface area contributed by atoms with Crippen LogP contribution in [0.1, 0.15) is 40.9 Å². The third-order valence-corrected chi connectivity index (χ3v) is 5.97. The van der Waals surface area contributed by atoms with Gasteiger partial charge in [0.05, 0.1) is 0 Å². The maximum atomic E-state index is 12.0. The quantitative estimate of drug-likeness (QED) is 0.329. The van der Waals surface area contributed by atoms with E-state index in [9.17, 15) is 4.79 Å². The van der Waals surface area contributed by atoms with E-state index in [1.807, 2.05) is 24.3 Å². The first-order valence-corrected chi connectivity index (χ1v) is 10.9. The highest BCUT2D eigenvalue weighted by Gasteiger charge is 2.29. The Kier molecular flexibility index (Phi) is 9.51. The fourth-order valence-electron chi connectivity index (χ4n) is 3.85. The Labute approximate surface area is 209 Å². The normalized spacial score (nSPS) is 14.2. The van der Waals surface area contributed by atoms with Crippen LogP contribution in [0.5, 0.6) is 0 Å². The number of carbonyl (C=O) groups is 1. The Morgan fingerprint density at radius 3 is 2.34 bits per heavy atom. The minimum atomic E-state index is -0.000654. The molecule has 2 aromatic rings. The highest BCUT2D eigenvalue weighted by molar-refractivity contribution is 14.0. The van der Waals surface area contributed by atoms with Crippen molar-refractivity contribution in [3.63, 3.8) is 0 Å². The number of amides is 1. The number of aliphatic imine (C=N–C) groups is 1. The summed E-state index contributed by atoms with van der Waals surface area (Å²) in [7, 11) is 5.31. The summed E-state index contributed by atoms with van der Waals surface area (Å²) < 4.78 is 0. The van der Waals surface area contributed by atoms with Gasteiger partial charge in [0.1, 0.15) is 0 Å².